The molecule has 0 aromatic heterocycles. The highest BCUT2D eigenvalue weighted by molar-refractivity contribution is 6.32. The molecule has 0 saturated heterocycles. The maximum atomic E-state index is 13.4. The van der Waals surface area contributed by atoms with Gasteiger partial charge >= 0.3 is 0 Å². The van der Waals surface area contributed by atoms with Crippen molar-refractivity contribution in [2.45, 2.75) is 0 Å². The fourth-order valence-electron chi connectivity index (χ4n) is 1.58. The molecular weight excluding hydrogens is 295 g/mol. The van der Waals surface area contributed by atoms with Crippen molar-refractivity contribution >= 4 is 23.2 Å². The smallest absolute Gasteiger partial charge is 0.262 e. The van der Waals surface area contributed by atoms with Crippen LogP contribution in [-0.2, 0) is 4.79 Å². The Morgan fingerprint density at radius 2 is 2.10 bits per heavy atom. The Labute approximate surface area is 125 Å². The first-order valence-corrected chi connectivity index (χ1v) is 6.35. The van der Waals surface area contributed by atoms with E-state index in [1.165, 1.54) is 36.4 Å². The second kappa shape index (κ2) is 6.73. The lowest BCUT2D eigenvalue weighted by molar-refractivity contribution is -0.118. The molecule has 2 aromatic rings. The third-order valence-electron chi connectivity index (χ3n) is 2.57. The van der Waals surface area contributed by atoms with Crippen LogP contribution < -0.4 is 10.1 Å². The van der Waals surface area contributed by atoms with Gasteiger partial charge in [0, 0.05) is 0 Å². The van der Waals surface area contributed by atoms with E-state index in [4.69, 9.17) is 21.6 Å². The molecule has 0 atom stereocenters. The first-order chi connectivity index (χ1) is 10.1. The quantitative estimate of drug-likeness (QED) is 0.942. The first kappa shape index (κ1) is 14.8. The van der Waals surface area contributed by atoms with Crippen LogP contribution in [0.5, 0.6) is 5.75 Å². The highest BCUT2D eigenvalue weighted by Gasteiger charge is 2.09. The minimum atomic E-state index is -0.526. The summed E-state index contributed by atoms with van der Waals surface area (Å²) in [6, 6.07) is 12.2. The lowest BCUT2D eigenvalue weighted by Crippen LogP contribution is -2.20. The first-order valence-electron chi connectivity index (χ1n) is 5.97. The molecule has 1 N–H and O–H groups in total. The summed E-state index contributed by atoms with van der Waals surface area (Å²) in [4.78, 5) is 11.7. The van der Waals surface area contributed by atoms with E-state index in [0.29, 0.717) is 5.56 Å². The molecule has 0 aliphatic carbocycles. The molecule has 106 valence electrons. The predicted octanol–water partition coefficient (Wildman–Crippen LogP) is 3.37. The van der Waals surface area contributed by atoms with Crippen LogP contribution in [0, 0.1) is 17.1 Å². The van der Waals surface area contributed by atoms with Crippen LogP contribution in [-0.4, -0.2) is 12.5 Å². The van der Waals surface area contributed by atoms with Crippen LogP contribution in [0.3, 0.4) is 0 Å². The zero-order valence-corrected chi connectivity index (χ0v) is 11.5. The second-order valence-electron chi connectivity index (χ2n) is 4.07. The van der Waals surface area contributed by atoms with E-state index >= 15 is 0 Å². The number of halogens is 2. The molecule has 0 saturated carbocycles. The van der Waals surface area contributed by atoms with Gasteiger partial charge in [-0.2, -0.15) is 5.26 Å². The van der Waals surface area contributed by atoms with E-state index in [9.17, 15) is 9.18 Å². The number of carbonyl (C=O) groups excluding carboxylic acids is 1. The van der Waals surface area contributed by atoms with Gasteiger partial charge in [-0.25, -0.2) is 4.39 Å². The Balaban J connectivity index is 1.96. The van der Waals surface area contributed by atoms with Crippen LogP contribution >= 0.6 is 11.6 Å². The summed E-state index contributed by atoms with van der Waals surface area (Å²) in [6.45, 7) is -0.319. The zero-order valence-electron chi connectivity index (χ0n) is 10.8. The van der Waals surface area contributed by atoms with Crippen LogP contribution in [0.1, 0.15) is 5.56 Å². The Hall–Kier alpha value is -2.58. The molecule has 4 nitrogen and oxygen atoms in total. The summed E-state index contributed by atoms with van der Waals surface area (Å²) in [5.74, 6) is -0.762. The van der Waals surface area contributed by atoms with Crippen molar-refractivity contribution in [1.82, 2.24) is 0 Å². The highest BCUT2D eigenvalue weighted by Crippen LogP contribution is 2.25. The lowest BCUT2D eigenvalue weighted by atomic mass is 10.2. The van der Waals surface area contributed by atoms with Gasteiger partial charge in [0.15, 0.2) is 6.61 Å². The summed E-state index contributed by atoms with van der Waals surface area (Å²) in [7, 11) is 0. The standard InChI is InChI=1S/C15H10ClFN2O2/c16-11-7-10(8-18)5-6-14(11)21-9-15(20)19-13-4-2-1-3-12(13)17/h1-7H,9H2,(H,19,20). The Morgan fingerprint density at radius 1 is 1.33 bits per heavy atom. The molecule has 6 heteroatoms. The van der Waals surface area contributed by atoms with Gasteiger partial charge in [0.25, 0.3) is 5.91 Å². The summed E-state index contributed by atoms with van der Waals surface area (Å²) in [5.41, 5.74) is 0.472. The fraction of sp³-hybridized carbons (Fsp3) is 0.0667. The van der Waals surface area contributed by atoms with Crippen molar-refractivity contribution in [2.75, 3.05) is 11.9 Å². The number of nitrogens with zero attached hydrogens (tertiary/aromatic N) is 1. The molecule has 0 aliphatic rings. The van der Waals surface area contributed by atoms with Crippen molar-refractivity contribution in [3.05, 3.63) is 58.9 Å². The largest absolute Gasteiger partial charge is 0.482 e. The number of nitrogens with one attached hydrogen (secondary N) is 1. The van der Waals surface area contributed by atoms with Gasteiger partial charge < -0.3 is 10.1 Å². The van der Waals surface area contributed by atoms with Gasteiger partial charge in [-0.15, -0.1) is 0 Å². The number of hydrogen-bond donors (Lipinski definition) is 1. The Morgan fingerprint density at radius 3 is 2.76 bits per heavy atom. The molecule has 0 aliphatic heterocycles. The van der Waals surface area contributed by atoms with Gasteiger partial charge in [0.2, 0.25) is 0 Å². The molecule has 1 amide bonds. The van der Waals surface area contributed by atoms with Crippen LogP contribution in [0.4, 0.5) is 10.1 Å². The van der Waals surface area contributed by atoms with E-state index < -0.39 is 11.7 Å². The number of anilines is 1. The van der Waals surface area contributed by atoms with E-state index in [1.807, 2.05) is 6.07 Å². The van der Waals surface area contributed by atoms with Crippen molar-refractivity contribution < 1.29 is 13.9 Å². The molecule has 0 unspecified atom stereocenters. The molecule has 0 spiro atoms. The zero-order chi connectivity index (χ0) is 15.2. The summed E-state index contributed by atoms with van der Waals surface area (Å²) in [5, 5.41) is 11.3. The Kier molecular flexibility index (Phi) is 4.75. The third kappa shape index (κ3) is 3.94. The van der Waals surface area contributed by atoms with Crippen LogP contribution in [0.2, 0.25) is 5.02 Å². The maximum Gasteiger partial charge on any atom is 0.262 e. The van der Waals surface area contributed by atoms with Crippen LogP contribution in [0.15, 0.2) is 42.5 Å². The molecule has 21 heavy (non-hydrogen) atoms. The SMILES string of the molecule is N#Cc1ccc(OCC(=O)Nc2ccccc2F)c(Cl)c1. The third-order valence-corrected chi connectivity index (χ3v) is 2.86. The number of amides is 1. The predicted molar refractivity (Wildman–Crippen MR) is 76.7 cm³/mol. The topological polar surface area (TPSA) is 62.1 Å². The van der Waals surface area contributed by atoms with Crippen molar-refractivity contribution in [3.8, 4) is 11.8 Å². The minimum absolute atomic E-state index is 0.0806. The van der Waals surface area contributed by atoms with Crippen LogP contribution in [0.25, 0.3) is 0 Å². The number of ether oxygens (including phenoxy) is 1. The Bertz CT molecular complexity index is 713. The molecule has 2 aromatic carbocycles. The second-order valence-corrected chi connectivity index (χ2v) is 4.48. The maximum absolute atomic E-state index is 13.4. The van der Waals surface area contributed by atoms with Gasteiger partial charge in [-0.1, -0.05) is 23.7 Å². The minimum Gasteiger partial charge on any atom is -0.482 e. The fourth-order valence-corrected chi connectivity index (χ4v) is 1.81. The van der Waals surface area contributed by atoms with Gasteiger partial charge in [0.1, 0.15) is 11.6 Å². The van der Waals surface area contributed by atoms with Crippen molar-refractivity contribution in [1.29, 1.82) is 5.26 Å². The van der Waals surface area contributed by atoms with Crippen molar-refractivity contribution in [3.63, 3.8) is 0 Å². The summed E-state index contributed by atoms with van der Waals surface area (Å²) in [6.07, 6.45) is 0. The number of para-hydroxylation sites is 1. The van der Waals surface area contributed by atoms with E-state index in [1.54, 1.807) is 6.07 Å². The van der Waals surface area contributed by atoms with E-state index in [2.05, 4.69) is 5.32 Å². The monoisotopic (exact) mass is 304 g/mol. The molecule has 0 fully saturated rings. The molecular formula is C15H10ClFN2O2. The summed E-state index contributed by atoms with van der Waals surface area (Å²) < 4.78 is 18.6. The van der Waals surface area contributed by atoms with Gasteiger partial charge in [0.05, 0.1) is 22.3 Å². The summed E-state index contributed by atoms with van der Waals surface area (Å²) >= 11 is 5.91. The van der Waals surface area contributed by atoms with Crippen molar-refractivity contribution in [2.24, 2.45) is 0 Å². The normalized spacial score (nSPS) is 9.76. The molecule has 0 bridgehead atoms. The average molecular weight is 305 g/mol. The van der Waals surface area contributed by atoms with Gasteiger partial charge in [-0.05, 0) is 30.3 Å². The number of benzene rings is 2. The number of rotatable bonds is 4. The lowest BCUT2D eigenvalue weighted by Gasteiger charge is -2.09. The number of hydrogen-bond acceptors (Lipinski definition) is 3. The molecule has 0 heterocycles. The number of carbonyl (C=O) groups is 1. The molecule has 2 rings (SSSR count). The number of nitriles is 1. The molecule has 0 radical (unpaired) electrons. The van der Waals surface area contributed by atoms with Gasteiger partial charge in [-0.3, -0.25) is 4.79 Å². The average Bonchev–Trinajstić information content (AvgIpc) is 2.48. The van der Waals surface area contributed by atoms with E-state index in [0.717, 1.165) is 0 Å². The van der Waals surface area contributed by atoms with E-state index in [-0.39, 0.29) is 23.1 Å². The highest BCUT2D eigenvalue weighted by atomic mass is 35.5.